The Balaban J connectivity index is 0.00000192. The SMILES string of the molecule is Cc1nn(C)c2ncc(S(=O)(=O)NC3CCC(N)CC3)cc12.Cl. The summed E-state index contributed by atoms with van der Waals surface area (Å²) in [6, 6.07) is 1.79. The molecular formula is C14H22ClN5O2S. The van der Waals surface area contributed by atoms with Crippen LogP contribution in [0.3, 0.4) is 0 Å². The molecule has 0 atom stereocenters. The minimum atomic E-state index is -3.57. The van der Waals surface area contributed by atoms with Gasteiger partial charge in [0.1, 0.15) is 4.90 Å². The van der Waals surface area contributed by atoms with E-state index in [2.05, 4.69) is 14.8 Å². The van der Waals surface area contributed by atoms with Gasteiger partial charge in [0.15, 0.2) is 5.65 Å². The molecule has 9 heteroatoms. The lowest BCUT2D eigenvalue weighted by Gasteiger charge is -2.26. The lowest BCUT2D eigenvalue weighted by Crippen LogP contribution is -2.40. The summed E-state index contributed by atoms with van der Waals surface area (Å²) in [4.78, 5) is 4.42. The van der Waals surface area contributed by atoms with Crippen molar-refractivity contribution in [2.45, 2.75) is 49.6 Å². The molecule has 1 aliphatic rings. The van der Waals surface area contributed by atoms with Gasteiger partial charge in [-0.1, -0.05) is 0 Å². The van der Waals surface area contributed by atoms with E-state index in [4.69, 9.17) is 5.73 Å². The molecule has 1 fully saturated rings. The number of aromatic nitrogens is 3. The molecular weight excluding hydrogens is 338 g/mol. The second-order valence-electron chi connectivity index (χ2n) is 5.98. The van der Waals surface area contributed by atoms with Crippen molar-refractivity contribution >= 4 is 33.5 Å². The second kappa shape index (κ2) is 6.72. The normalized spacial score (nSPS) is 22.0. The van der Waals surface area contributed by atoms with Crippen LogP contribution in [0.4, 0.5) is 0 Å². The summed E-state index contributed by atoms with van der Waals surface area (Å²) in [5, 5.41) is 5.02. The quantitative estimate of drug-likeness (QED) is 0.858. The van der Waals surface area contributed by atoms with Crippen LogP contribution in [0, 0.1) is 6.92 Å². The van der Waals surface area contributed by atoms with Gasteiger partial charge >= 0.3 is 0 Å². The molecule has 2 aromatic heterocycles. The molecule has 3 rings (SSSR count). The maximum atomic E-state index is 12.5. The molecule has 0 unspecified atom stereocenters. The topological polar surface area (TPSA) is 103 Å². The summed E-state index contributed by atoms with van der Waals surface area (Å²) in [6.07, 6.45) is 4.66. The molecule has 23 heavy (non-hydrogen) atoms. The number of halogens is 1. The predicted octanol–water partition coefficient (Wildman–Crippen LogP) is 1.25. The molecule has 0 radical (unpaired) electrons. The lowest BCUT2D eigenvalue weighted by molar-refractivity contribution is 0.373. The number of nitrogens with two attached hydrogens (primary N) is 1. The van der Waals surface area contributed by atoms with Crippen molar-refractivity contribution in [2.24, 2.45) is 12.8 Å². The van der Waals surface area contributed by atoms with Crippen LogP contribution >= 0.6 is 12.4 Å². The Bertz CT molecular complexity index is 797. The van der Waals surface area contributed by atoms with Crippen LogP contribution < -0.4 is 10.5 Å². The number of nitrogens with one attached hydrogen (secondary N) is 1. The van der Waals surface area contributed by atoms with Crippen LogP contribution in [-0.4, -0.2) is 35.3 Å². The van der Waals surface area contributed by atoms with E-state index in [0.717, 1.165) is 36.8 Å². The summed E-state index contributed by atoms with van der Waals surface area (Å²) in [5.74, 6) is 0. The zero-order valence-electron chi connectivity index (χ0n) is 13.2. The van der Waals surface area contributed by atoms with Crippen LogP contribution in [0.1, 0.15) is 31.4 Å². The highest BCUT2D eigenvalue weighted by Gasteiger charge is 2.25. The number of nitrogens with zero attached hydrogens (tertiary/aromatic N) is 3. The van der Waals surface area contributed by atoms with Crippen molar-refractivity contribution in [1.82, 2.24) is 19.5 Å². The highest BCUT2D eigenvalue weighted by atomic mass is 35.5. The van der Waals surface area contributed by atoms with Crippen molar-refractivity contribution < 1.29 is 8.42 Å². The number of aryl methyl sites for hydroxylation is 2. The Morgan fingerprint density at radius 1 is 1.30 bits per heavy atom. The summed E-state index contributed by atoms with van der Waals surface area (Å²) >= 11 is 0. The third-order valence-electron chi connectivity index (χ3n) is 4.24. The van der Waals surface area contributed by atoms with Crippen LogP contribution in [-0.2, 0) is 17.1 Å². The van der Waals surface area contributed by atoms with E-state index in [1.807, 2.05) is 6.92 Å². The van der Waals surface area contributed by atoms with Crippen LogP contribution in [0.2, 0.25) is 0 Å². The Kier molecular flexibility index (Phi) is 5.30. The zero-order chi connectivity index (χ0) is 15.9. The highest BCUT2D eigenvalue weighted by Crippen LogP contribution is 2.22. The molecule has 0 bridgehead atoms. The Morgan fingerprint density at radius 2 is 1.96 bits per heavy atom. The first kappa shape index (κ1) is 18.1. The van der Waals surface area contributed by atoms with E-state index < -0.39 is 10.0 Å². The fraction of sp³-hybridized carbons (Fsp3) is 0.571. The van der Waals surface area contributed by atoms with E-state index in [1.165, 1.54) is 6.20 Å². The van der Waals surface area contributed by atoms with Crippen molar-refractivity contribution in [1.29, 1.82) is 0 Å². The van der Waals surface area contributed by atoms with E-state index in [9.17, 15) is 8.42 Å². The number of rotatable bonds is 3. The van der Waals surface area contributed by atoms with Gasteiger partial charge in [0.25, 0.3) is 0 Å². The minimum Gasteiger partial charge on any atom is -0.328 e. The molecule has 2 heterocycles. The Hall–Kier alpha value is -1.22. The number of fused-ring (bicyclic) bond motifs is 1. The maximum absolute atomic E-state index is 12.5. The summed E-state index contributed by atoms with van der Waals surface area (Å²) < 4.78 is 29.5. The molecule has 0 aliphatic heterocycles. The van der Waals surface area contributed by atoms with Crippen LogP contribution in [0.25, 0.3) is 11.0 Å². The predicted molar refractivity (Wildman–Crippen MR) is 91.0 cm³/mol. The van der Waals surface area contributed by atoms with Crippen LogP contribution in [0.15, 0.2) is 17.2 Å². The van der Waals surface area contributed by atoms with Gasteiger partial charge in [-0.3, -0.25) is 4.68 Å². The van der Waals surface area contributed by atoms with E-state index in [0.29, 0.717) is 5.65 Å². The lowest BCUT2D eigenvalue weighted by atomic mass is 9.93. The molecule has 7 nitrogen and oxygen atoms in total. The smallest absolute Gasteiger partial charge is 0.242 e. The number of sulfonamides is 1. The average Bonchev–Trinajstić information content (AvgIpc) is 2.76. The van der Waals surface area contributed by atoms with Crippen molar-refractivity contribution in [3.05, 3.63) is 18.0 Å². The van der Waals surface area contributed by atoms with Gasteiger partial charge in [-0.05, 0) is 38.7 Å². The molecule has 1 aliphatic carbocycles. The maximum Gasteiger partial charge on any atom is 0.242 e. The first-order valence-electron chi connectivity index (χ1n) is 7.44. The standard InChI is InChI=1S/C14H21N5O2S.ClH/c1-9-13-7-12(8-16-14(13)19(2)17-9)22(20,21)18-11-5-3-10(15)4-6-11;/h7-8,10-11,18H,3-6,15H2,1-2H3;1H. The molecule has 0 saturated heterocycles. The first-order valence-corrected chi connectivity index (χ1v) is 8.92. The molecule has 3 N–H and O–H groups in total. The molecule has 2 aromatic rings. The molecule has 0 amide bonds. The monoisotopic (exact) mass is 359 g/mol. The van der Waals surface area contributed by atoms with Crippen molar-refractivity contribution in [3.63, 3.8) is 0 Å². The highest BCUT2D eigenvalue weighted by molar-refractivity contribution is 7.89. The Labute approximate surface area is 142 Å². The fourth-order valence-electron chi connectivity index (χ4n) is 2.96. The van der Waals surface area contributed by atoms with Crippen LogP contribution in [0.5, 0.6) is 0 Å². The van der Waals surface area contributed by atoms with Gasteiger partial charge in [0.05, 0.1) is 5.69 Å². The number of pyridine rings is 1. The van der Waals surface area contributed by atoms with Gasteiger partial charge in [0.2, 0.25) is 10.0 Å². The number of hydrogen-bond acceptors (Lipinski definition) is 5. The van der Waals surface area contributed by atoms with Gasteiger partial charge in [-0.25, -0.2) is 18.1 Å². The van der Waals surface area contributed by atoms with Gasteiger partial charge < -0.3 is 5.73 Å². The van der Waals surface area contributed by atoms with Gasteiger partial charge in [-0.2, -0.15) is 5.10 Å². The first-order chi connectivity index (χ1) is 10.4. The molecule has 0 spiro atoms. The second-order valence-corrected chi connectivity index (χ2v) is 7.70. The Morgan fingerprint density at radius 3 is 2.61 bits per heavy atom. The third-order valence-corrected chi connectivity index (χ3v) is 5.73. The summed E-state index contributed by atoms with van der Waals surface area (Å²) in [5.41, 5.74) is 7.31. The average molecular weight is 360 g/mol. The summed E-state index contributed by atoms with van der Waals surface area (Å²) in [6.45, 7) is 1.84. The minimum absolute atomic E-state index is 0. The van der Waals surface area contributed by atoms with E-state index >= 15 is 0 Å². The third kappa shape index (κ3) is 3.65. The zero-order valence-corrected chi connectivity index (χ0v) is 14.8. The van der Waals surface area contributed by atoms with E-state index in [-0.39, 0.29) is 29.4 Å². The molecule has 1 saturated carbocycles. The van der Waals surface area contributed by atoms with Crippen molar-refractivity contribution in [2.75, 3.05) is 0 Å². The summed E-state index contributed by atoms with van der Waals surface area (Å²) in [7, 11) is -1.78. The van der Waals surface area contributed by atoms with Crippen molar-refractivity contribution in [3.8, 4) is 0 Å². The largest absolute Gasteiger partial charge is 0.328 e. The van der Waals surface area contributed by atoms with Gasteiger partial charge in [-0.15, -0.1) is 12.4 Å². The molecule has 128 valence electrons. The van der Waals surface area contributed by atoms with Gasteiger partial charge in [0, 0.05) is 30.7 Å². The van der Waals surface area contributed by atoms with E-state index in [1.54, 1.807) is 17.8 Å². The number of hydrogen-bond donors (Lipinski definition) is 2. The molecule has 0 aromatic carbocycles. The fourth-order valence-corrected chi connectivity index (χ4v) is 4.24.